The molecule has 1 atom stereocenters. The Kier molecular flexibility index (Phi) is 11.4. The molecular formula is C12H23ClCuN2O5. The quantitative estimate of drug-likeness (QED) is 0.457. The van der Waals surface area contributed by atoms with E-state index in [1.54, 1.807) is 0 Å². The first-order valence-corrected chi connectivity index (χ1v) is 8.30. The van der Waals surface area contributed by atoms with E-state index in [9.17, 15) is 5.11 Å². The summed E-state index contributed by atoms with van der Waals surface area (Å²) < 4.78 is 34.0. The average molecular weight is 374 g/mol. The van der Waals surface area contributed by atoms with Crippen molar-refractivity contribution >= 4 is 0 Å². The third-order valence-corrected chi connectivity index (χ3v) is 3.64. The Bertz CT molecular complexity index is 259. The molecule has 0 aromatic rings. The van der Waals surface area contributed by atoms with Crippen molar-refractivity contribution in [2.24, 2.45) is 0 Å². The topological polar surface area (TPSA) is 122 Å². The molecule has 2 fully saturated rings. The number of hydrogen-bond donors (Lipinski definition) is 0. The number of rotatable bonds is 3. The summed E-state index contributed by atoms with van der Waals surface area (Å²) in [6, 6.07) is 0. The molecule has 2 rings (SSSR count). The summed E-state index contributed by atoms with van der Waals surface area (Å²) in [5.41, 5.74) is 0. The molecule has 0 aromatic heterocycles. The second kappa shape index (κ2) is 11.1. The maximum atomic E-state index is 11.4. The van der Waals surface area contributed by atoms with Crippen molar-refractivity contribution < 1.29 is 51.1 Å². The first-order chi connectivity index (χ1) is 9.34. The van der Waals surface area contributed by atoms with Crippen LogP contribution >= 0.6 is 0 Å². The van der Waals surface area contributed by atoms with Gasteiger partial charge in [0.25, 0.3) is 0 Å². The number of piperidine rings is 2. The third-order valence-electron chi connectivity index (χ3n) is 3.64. The van der Waals surface area contributed by atoms with Crippen molar-refractivity contribution in [3.05, 3.63) is 0 Å². The zero-order valence-corrected chi connectivity index (χ0v) is 13.7. The van der Waals surface area contributed by atoms with E-state index >= 15 is 0 Å². The molecule has 9 heteroatoms. The zero-order chi connectivity index (χ0) is 15.0. The van der Waals surface area contributed by atoms with Crippen LogP contribution in [0.15, 0.2) is 0 Å². The molecule has 2 aliphatic heterocycles. The van der Waals surface area contributed by atoms with Crippen molar-refractivity contribution in [2.45, 2.75) is 38.2 Å². The van der Waals surface area contributed by atoms with E-state index in [4.69, 9.17) is 18.6 Å². The fourth-order valence-electron chi connectivity index (χ4n) is 2.68. The van der Waals surface area contributed by atoms with Gasteiger partial charge in [-0.25, -0.2) is 18.6 Å². The van der Waals surface area contributed by atoms with Crippen molar-refractivity contribution in [1.29, 1.82) is 0 Å². The van der Waals surface area contributed by atoms with Gasteiger partial charge in [0.2, 0.25) is 0 Å². The number of hydrogen-bond acceptors (Lipinski definition) is 7. The van der Waals surface area contributed by atoms with E-state index < -0.39 is 10.2 Å². The van der Waals surface area contributed by atoms with Crippen molar-refractivity contribution in [2.75, 3.05) is 39.3 Å². The van der Waals surface area contributed by atoms with Gasteiger partial charge in [0.1, 0.15) is 0 Å². The molecule has 2 heterocycles. The molecule has 7 nitrogen and oxygen atoms in total. The van der Waals surface area contributed by atoms with Gasteiger partial charge in [0.15, 0.2) is 0 Å². The van der Waals surface area contributed by atoms with Crippen LogP contribution in [0.25, 0.3) is 0 Å². The van der Waals surface area contributed by atoms with Gasteiger partial charge < -0.3 is 14.9 Å². The van der Waals surface area contributed by atoms with Gasteiger partial charge in [-0.2, -0.15) is 0 Å². The minimum absolute atomic E-state index is 0. The Morgan fingerprint density at radius 1 is 0.810 bits per heavy atom. The van der Waals surface area contributed by atoms with Crippen LogP contribution in [0, 0.1) is 10.2 Å². The van der Waals surface area contributed by atoms with Crippen LogP contribution in [0.2, 0.25) is 0 Å². The SMILES string of the molecule is [Cu+2].[O-]C1CCCN(CCN2CCCCC2)C1.[O-][Cl+3]([O-])([O-])[O-]. The summed E-state index contributed by atoms with van der Waals surface area (Å²) in [4.78, 5) is 4.91. The Labute approximate surface area is 138 Å². The molecule has 0 aromatic carbocycles. The van der Waals surface area contributed by atoms with E-state index in [0.717, 1.165) is 32.5 Å². The van der Waals surface area contributed by atoms with Gasteiger partial charge in [0, 0.05) is 13.1 Å². The van der Waals surface area contributed by atoms with Crippen LogP contribution in [0.4, 0.5) is 0 Å². The normalized spacial score (nSPS) is 24.7. The molecule has 0 bridgehead atoms. The van der Waals surface area contributed by atoms with Crippen molar-refractivity contribution in [3.63, 3.8) is 0 Å². The van der Waals surface area contributed by atoms with Gasteiger partial charge in [-0.3, -0.25) is 0 Å². The first-order valence-electron chi connectivity index (χ1n) is 7.07. The summed E-state index contributed by atoms with van der Waals surface area (Å²) in [5, 5.41) is 11.4. The Hall–Kier alpha value is 0.529. The van der Waals surface area contributed by atoms with Crippen LogP contribution in [0.5, 0.6) is 0 Å². The monoisotopic (exact) mass is 373 g/mol. The largest absolute Gasteiger partial charge is 2.00 e. The molecule has 21 heavy (non-hydrogen) atoms. The minimum Gasteiger partial charge on any atom is -0.851 e. The fourth-order valence-corrected chi connectivity index (χ4v) is 2.68. The third kappa shape index (κ3) is 12.7. The smallest absolute Gasteiger partial charge is 0.851 e. The van der Waals surface area contributed by atoms with Crippen LogP contribution in [0.3, 0.4) is 0 Å². The second-order valence-corrected chi connectivity index (χ2v) is 6.10. The Balaban J connectivity index is 0.000000583. The van der Waals surface area contributed by atoms with Gasteiger partial charge in [0.05, 0.1) is 0 Å². The molecule has 0 aliphatic carbocycles. The standard InChI is InChI=1S/C12H23N2O.ClHO4.Cu/c15-12-5-4-8-14(11-12)10-9-13-6-2-1-3-7-13;2-1(3,4)5;/h12H,1-11H2;(H,2,3,4,5);/q-1;;+2/p-1. The molecule has 2 aliphatic rings. The first kappa shape index (κ1) is 21.5. The molecule has 1 radical (unpaired) electrons. The van der Waals surface area contributed by atoms with Gasteiger partial charge in [-0.1, -0.05) is 12.8 Å². The molecule has 0 N–H and O–H groups in total. The van der Waals surface area contributed by atoms with Gasteiger partial charge in [-0.05, 0) is 45.4 Å². The summed E-state index contributed by atoms with van der Waals surface area (Å²) >= 11 is 0. The summed E-state index contributed by atoms with van der Waals surface area (Å²) in [6.07, 6.45) is 5.81. The molecule has 0 spiro atoms. The summed E-state index contributed by atoms with van der Waals surface area (Å²) in [5.74, 6) is 0. The van der Waals surface area contributed by atoms with Crippen molar-refractivity contribution in [1.82, 2.24) is 9.80 Å². The van der Waals surface area contributed by atoms with Gasteiger partial charge in [-0.15, -0.1) is 16.3 Å². The van der Waals surface area contributed by atoms with Crippen LogP contribution in [-0.2, 0) is 17.1 Å². The number of halogens is 1. The predicted molar refractivity (Wildman–Crippen MR) is 59.8 cm³/mol. The molecular weight excluding hydrogens is 351 g/mol. The minimum atomic E-state index is -4.94. The zero-order valence-electron chi connectivity index (χ0n) is 12.0. The fraction of sp³-hybridized carbons (Fsp3) is 1.00. The Morgan fingerprint density at radius 3 is 1.81 bits per heavy atom. The van der Waals surface area contributed by atoms with Crippen molar-refractivity contribution in [3.8, 4) is 0 Å². The maximum absolute atomic E-state index is 11.4. The average Bonchev–Trinajstić information content (AvgIpc) is 2.36. The summed E-state index contributed by atoms with van der Waals surface area (Å²) in [6.45, 7) is 6.76. The second-order valence-electron chi connectivity index (χ2n) is 5.35. The molecule has 0 amide bonds. The molecule has 129 valence electrons. The van der Waals surface area contributed by atoms with E-state index in [1.807, 2.05) is 0 Å². The van der Waals surface area contributed by atoms with Gasteiger partial charge >= 0.3 is 17.1 Å². The van der Waals surface area contributed by atoms with Crippen LogP contribution in [-0.4, -0.2) is 55.2 Å². The molecule has 2 saturated heterocycles. The van der Waals surface area contributed by atoms with E-state index in [2.05, 4.69) is 9.80 Å². The molecule has 0 saturated carbocycles. The van der Waals surface area contributed by atoms with E-state index in [1.165, 1.54) is 38.9 Å². The summed E-state index contributed by atoms with van der Waals surface area (Å²) in [7, 11) is -4.94. The molecule has 1 unspecified atom stereocenters. The van der Waals surface area contributed by atoms with E-state index in [-0.39, 0.29) is 23.2 Å². The van der Waals surface area contributed by atoms with Crippen LogP contribution < -0.4 is 23.7 Å². The number of nitrogens with zero attached hydrogens (tertiary/aromatic N) is 2. The maximum Gasteiger partial charge on any atom is 2.00 e. The number of likely N-dealkylation sites (tertiary alicyclic amines) is 2. The van der Waals surface area contributed by atoms with Crippen LogP contribution in [0.1, 0.15) is 32.1 Å². The predicted octanol–water partition coefficient (Wildman–Crippen LogP) is -4.46. The van der Waals surface area contributed by atoms with E-state index in [0.29, 0.717) is 0 Å². The Morgan fingerprint density at radius 2 is 1.29 bits per heavy atom.